The van der Waals surface area contributed by atoms with Crippen LogP contribution in [0.1, 0.15) is 55.6 Å². The Hall–Kier alpha value is -0.450. The van der Waals surface area contributed by atoms with Gasteiger partial charge in [-0.2, -0.15) is 0 Å². The van der Waals surface area contributed by atoms with Crippen LogP contribution in [0.4, 0.5) is 0 Å². The predicted octanol–water partition coefficient (Wildman–Crippen LogP) is 3.01. The van der Waals surface area contributed by atoms with Gasteiger partial charge in [0.1, 0.15) is 0 Å². The van der Waals surface area contributed by atoms with Gasteiger partial charge < -0.3 is 10.6 Å². The normalized spacial score (nSPS) is 18.9. The van der Waals surface area contributed by atoms with Gasteiger partial charge in [0.25, 0.3) is 0 Å². The molecule has 1 aromatic heterocycles. The van der Waals surface area contributed by atoms with Crippen molar-refractivity contribution >= 4 is 11.3 Å². The molecule has 2 rings (SSSR count). The molecular weight excluding hydrogens is 254 g/mol. The zero-order valence-electron chi connectivity index (χ0n) is 12.3. The van der Waals surface area contributed by atoms with Gasteiger partial charge in [0.2, 0.25) is 0 Å². The van der Waals surface area contributed by atoms with Crippen LogP contribution in [0.15, 0.2) is 5.38 Å². The lowest BCUT2D eigenvalue weighted by Gasteiger charge is -2.32. The van der Waals surface area contributed by atoms with Crippen LogP contribution in [0.2, 0.25) is 0 Å². The molecule has 19 heavy (non-hydrogen) atoms. The van der Waals surface area contributed by atoms with Crippen LogP contribution in [-0.2, 0) is 6.42 Å². The molecule has 0 aliphatic heterocycles. The highest BCUT2D eigenvalue weighted by Crippen LogP contribution is 2.25. The Kier molecular flexibility index (Phi) is 5.79. The van der Waals surface area contributed by atoms with Crippen molar-refractivity contribution in [1.29, 1.82) is 0 Å². The molecule has 1 saturated carbocycles. The third-order valence-electron chi connectivity index (χ3n) is 4.15. The van der Waals surface area contributed by atoms with Gasteiger partial charge in [-0.25, -0.2) is 4.98 Å². The van der Waals surface area contributed by atoms with Crippen molar-refractivity contribution in [3.8, 4) is 0 Å². The van der Waals surface area contributed by atoms with Crippen LogP contribution in [0.3, 0.4) is 0 Å². The second-order valence-electron chi connectivity index (χ2n) is 5.85. The molecular formula is C15H27N3S. The first-order chi connectivity index (χ1) is 9.20. The van der Waals surface area contributed by atoms with Gasteiger partial charge in [0.05, 0.1) is 10.7 Å². The predicted molar refractivity (Wildman–Crippen MR) is 82.8 cm³/mol. The van der Waals surface area contributed by atoms with Gasteiger partial charge in [0, 0.05) is 30.3 Å². The lowest BCUT2D eigenvalue weighted by Crippen LogP contribution is -2.35. The molecule has 0 spiro atoms. The molecule has 108 valence electrons. The van der Waals surface area contributed by atoms with E-state index >= 15 is 0 Å². The summed E-state index contributed by atoms with van der Waals surface area (Å²) in [7, 11) is 2.28. The van der Waals surface area contributed by atoms with Crippen molar-refractivity contribution in [1.82, 2.24) is 9.88 Å². The number of rotatable bonds is 6. The number of hydrogen-bond donors (Lipinski definition) is 1. The first-order valence-electron chi connectivity index (χ1n) is 7.55. The summed E-state index contributed by atoms with van der Waals surface area (Å²) in [5, 5.41) is 3.44. The summed E-state index contributed by atoms with van der Waals surface area (Å²) in [6.45, 7) is 4.12. The maximum absolute atomic E-state index is 5.58. The molecule has 0 amide bonds. The number of hydrogen-bond acceptors (Lipinski definition) is 4. The Morgan fingerprint density at radius 3 is 2.84 bits per heavy atom. The Labute approximate surface area is 121 Å². The van der Waals surface area contributed by atoms with Crippen molar-refractivity contribution in [2.45, 2.75) is 57.4 Å². The molecule has 1 heterocycles. The van der Waals surface area contributed by atoms with E-state index in [0.717, 1.165) is 24.7 Å². The van der Waals surface area contributed by atoms with E-state index in [1.54, 1.807) is 11.3 Å². The summed E-state index contributed by atoms with van der Waals surface area (Å²) in [6, 6.07) is 0.791. The fourth-order valence-electron chi connectivity index (χ4n) is 2.99. The highest BCUT2D eigenvalue weighted by molar-refractivity contribution is 7.09. The number of aromatic nitrogens is 1. The Bertz CT molecular complexity index is 371. The third kappa shape index (κ3) is 4.26. The van der Waals surface area contributed by atoms with E-state index in [0.29, 0.717) is 12.5 Å². The van der Waals surface area contributed by atoms with Crippen molar-refractivity contribution in [2.24, 2.45) is 5.73 Å². The number of nitrogens with two attached hydrogens (primary N) is 1. The fourth-order valence-corrected chi connectivity index (χ4v) is 3.90. The van der Waals surface area contributed by atoms with Gasteiger partial charge in [-0.1, -0.05) is 26.2 Å². The van der Waals surface area contributed by atoms with Crippen molar-refractivity contribution in [3.63, 3.8) is 0 Å². The van der Waals surface area contributed by atoms with Crippen LogP contribution in [0, 0.1) is 0 Å². The average molecular weight is 281 g/mol. The topological polar surface area (TPSA) is 42.2 Å². The quantitative estimate of drug-likeness (QED) is 0.871. The summed E-state index contributed by atoms with van der Waals surface area (Å²) in [5.41, 5.74) is 6.74. The smallest absolute Gasteiger partial charge is 0.0969 e. The van der Waals surface area contributed by atoms with Crippen LogP contribution < -0.4 is 5.73 Å². The van der Waals surface area contributed by atoms with Crippen molar-refractivity contribution in [2.75, 3.05) is 20.1 Å². The Morgan fingerprint density at radius 2 is 2.16 bits per heavy atom. The zero-order chi connectivity index (χ0) is 13.7. The molecule has 0 saturated heterocycles. The van der Waals surface area contributed by atoms with Crippen molar-refractivity contribution in [3.05, 3.63) is 16.1 Å². The van der Waals surface area contributed by atoms with Crippen LogP contribution in [0.5, 0.6) is 0 Å². The highest BCUT2D eigenvalue weighted by Gasteiger charge is 2.21. The molecule has 1 fully saturated rings. The van der Waals surface area contributed by atoms with E-state index in [9.17, 15) is 0 Å². The monoisotopic (exact) mass is 281 g/mol. The lowest BCUT2D eigenvalue weighted by atomic mass is 9.94. The van der Waals surface area contributed by atoms with E-state index in [-0.39, 0.29) is 0 Å². The van der Waals surface area contributed by atoms with Crippen molar-refractivity contribution < 1.29 is 0 Å². The SMILES string of the molecule is CC(CN(C)C1CCCCC1)c1nc(CCN)cs1. The molecule has 1 aliphatic rings. The molecule has 1 unspecified atom stereocenters. The lowest BCUT2D eigenvalue weighted by molar-refractivity contribution is 0.184. The second-order valence-corrected chi connectivity index (χ2v) is 6.74. The number of likely N-dealkylation sites (N-methyl/N-ethyl adjacent to an activating group) is 1. The minimum Gasteiger partial charge on any atom is -0.330 e. The Morgan fingerprint density at radius 1 is 1.42 bits per heavy atom. The molecule has 4 heteroatoms. The summed E-state index contributed by atoms with van der Waals surface area (Å²) in [6.07, 6.45) is 7.89. The second kappa shape index (κ2) is 7.36. The minimum atomic E-state index is 0.531. The van der Waals surface area contributed by atoms with Gasteiger partial charge in [0.15, 0.2) is 0 Å². The molecule has 1 aromatic rings. The fraction of sp³-hybridized carbons (Fsp3) is 0.800. The first kappa shape index (κ1) is 14.9. The molecule has 1 aliphatic carbocycles. The summed E-state index contributed by atoms with van der Waals surface area (Å²) < 4.78 is 0. The van der Waals surface area contributed by atoms with E-state index in [1.165, 1.54) is 37.1 Å². The molecule has 3 nitrogen and oxygen atoms in total. The van der Waals surface area contributed by atoms with E-state index < -0.39 is 0 Å². The standard InChI is InChI=1S/C15H27N3S/c1-12(15-17-13(8-9-16)11-19-15)10-18(2)14-6-4-3-5-7-14/h11-12,14H,3-10,16H2,1-2H3. The van der Waals surface area contributed by atoms with Gasteiger partial charge in [-0.05, 0) is 26.4 Å². The molecule has 1 atom stereocenters. The summed E-state index contributed by atoms with van der Waals surface area (Å²) in [5.74, 6) is 0.531. The van der Waals surface area contributed by atoms with Gasteiger partial charge in [-0.3, -0.25) is 0 Å². The average Bonchev–Trinajstić information content (AvgIpc) is 2.89. The number of nitrogens with zero attached hydrogens (tertiary/aromatic N) is 2. The summed E-state index contributed by atoms with van der Waals surface area (Å²) >= 11 is 1.79. The third-order valence-corrected chi connectivity index (χ3v) is 5.28. The summed E-state index contributed by atoms with van der Waals surface area (Å²) in [4.78, 5) is 7.26. The molecule has 0 radical (unpaired) electrons. The maximum Gasteiger partial charge on any atom is 0.0969 e. The maximum atomic E-state index is 5.58. The van der Waals surface area contributed by atoms with E-state index in [2.05, 4.69) is 24.3 Å². The minimum absolute atomic E-state index is 0.531. The van der Waals surface area contributed by atoms with Crippen LogP contribution in [0.25, 0.3) is 0 Å². The highest BCUT2D eigenvalue weighted by atomic mass is 32.1. The zero-order valence-corrected chi connectivity index (χ0v) is 13.1. The van der Waals surface area contributed by atoms with Gasteiger partial charge >= 0.3 is 0 Å². The van der Waals surface area contributed by atoms with Gasteiger partial charge in [-0.15, -0.1) is 11.3 Å². The first-order valence-corrected chi connectivity index (χ1v) is 8.43. The largest absolute Gasteiger partial charge is 0.330 e. The molecule has 2 N–H and O–H groups in total. The van der Waals surface area contributed by atoms with E-state index in [1.807, 2.05) is 0 Å². The Balaban J connectivity index is 1.86. The number of thiazole rings is 1. The molecule has 0 aromatic carbocycles. The van der Waals surface area contributed by atoms with Crippen LogP contribution in [-0.4, -0.2) is 36.1 Å². The van der Waals surface area contributed by atoms with Crippen LogP contribution >= 0.6 is 11.3 Å². The molecule has 0 bridgehead atoms. The van der Waals surface area contributed by atoms with E-state index in [4.69, 9.17) is 10.7 Å².